The number of rotatable bonds is 5. The van der Waals surface area contributed by atoms with E-state index < -0.39 is 0 Å². The minimum Gasteiger partial charge on any atom is -0.300 e. The Morgan fingerprint density at radius 1 is 1.10 bits per heavy atom. The number of thiazole rings is 1. The number of aromatic nitrogens is 3. The molecule has 0 aliphatic carbocycles. The number of nitrogens with zero attached hydrogens (tertiary/aromatic N) is 3. The van der Waals surface area contributed by atoms with E-state index in [1.807, 2.05) is 12.1 Å². The van der Waals surface area contributed by atoms with Gasteiger partial charge in [-0.15, -0.1) is 11.3 Å². The van der Waals surface area contributed by atoms with Gasteiger partial charge in [-0.1, -0.05) is 41.4 Å². The van der Waals surface area contributed by atoms with Crippen LogP contribution in [0.2, 0.25) is 10.0 Å². The zero-order valence-electron chi connectivity index (χ0n) is 14.9. The molecular formula is C20H14Cl2N4O2S. The molecule has 0 bridgehead atoms. The van der Waals surface area contributed by atoms with Gasteiger partial charge in [0.15, 0.2) is 5.13 Å². The van der Waals surface area contributed by atoms with Crippen LogP contribution in [0.4, 0.5) is 5.13 Å². The number of para-hydroxylation sites is 2. The maximum atomic E-state index is 12.5. The van der Waals surface area contributed by atoms with Gasteiger partial charge in [-0.3, -0.25) is 14.2 Å². The lowest BCUT2D eigenvalue weighted by molar-refractivity contribution is -0.116. The first-order valence-electron chi connectivity index (χ1n) is 8.62. The van der Waals surface area contributed by atoms with Crippen molar-refractivity contribution < 1.29 is 4.79 Å². The lowest BCUT2D eigenvalue weighted by atomic mass is 10.1. The maximum absolute atomic E-state index is 12.5. The van der Waals surface area contributed by atoms with Gasteiger partial charge in [0.05, 0.1) is 17.2 Å². The van der Waals surface area contributed by atoms with Crippen molar-refractivity contribution in [2.24, 2.45) is 0 Å². The summed E-state index contributed by atoms with van der Waals surface area (Å²) in [6, 6.07) is 12.5. The molecule has 0 aliphatic heterocycles. The SMILES string of the molecule is O=C(Cn1c(=O)cnc2ccccc21)Nc1ncc(Cc2ccc(Cl)cc2Cl)s1. The Morgan fingerprint density at radius 3 is 2.76 bits per heavy atom. The zero-order valence-corrected chi connectivity index (χ0v) is 17.3. The molecule has 29 heavy (non-hydrogen) atoms. The summed E-state index contributed by atoms with van der Waals surface area (Å²) in [6.07, 6.45) is 3.49. The van der Waals surface area contributed by atoms with E-state index in [0.717, 1.165) is 10.4 Å². The Labute approximate surface area is 179 Å². The minimum absolute atomic E-state index is 0.125. The number of hydrogen-bond donors (Lipinski definition) is 1. The average molecular weight is 445 g/mol. The van der Waals surface area contributed by atoms with Crippen LogP contribution in [0.1, 0.15) is 10.4 Å². The highest BCUT2D eigenvalue weighted by molar-refractivity contribution is 7.15. The highest BCUT2D eigenvalue weighted by Crippen LogP contribution is 2.26. The monoisotopic (exact) mass is 444 g/mol. The molecule has 0 fully saturated rings. The van der Waals surface area contributed by atoms with Gasteiger partial charge in [0.2, 0.25) is 5.91 Å². The Balaban J connectivity index is 1.48. The van der Waals surface area contributed by atoms with E-state index in [1.54, 1.807) is 36.5 Å². The van der Waals surface area contributed by atoms with Crippen molar-refractivity contribution in [1.82, 2.24) is 14.5 Å². The summed E-state index contributed by atoms with van der Waals surface area (Å²) in [5.41, 5.74) is 1.84. The van der Waals surface area contributed by atoms with E-state index in [4.69, 9.17) is 23.2 Å². The summed E-state index contributed by atoms with van der Waals surface area (Å²) in [5.74, 6) is -0.339. The molecule has 0 spiro atoms. The topological polar surface area (TPSA) is 76.9 Å². The van der Waals surface area contributed by atoms with Gasteiger partial charge in [-0.05, 0) is 29.8 Å². The molecule has 1 amide bonds. The molecule has 2 aromatic heterocycles. The van der Waals surface area contributed by atoms with Gasteiger partial charge in [0.1, 0.15) is 6.54 Å². The second-order valence-corrected chi connectivity index (χ2v) is 8.22. The van der Waals surface area contributed by atoms with Crippen LogP contribution in [0.3, 0.4) is 0 Å². The molecule has 0 saturated carbocycles. The normalized spacial score (nSPS) is 11.0. The van der Waals surface area contributed by atoms with E-state index >= 15 is 0 Å². The lowest BCUT2D eigenvalue weighted by Crippen LogP contribution is -2.27. The van der Waals surface area contributed by atoms with E-state index in [9.17, 15) is 9.59 Å². The second kappa shape index (κ2) is 8.32. The Hall–Kier alpha value is -2.74. The van der Waals surface area contributed by atoms with Crippen molar-refractivity contribution in [2.75, 3.05) is 5.32 Å². The van der Waals surface area contributed by atoms with Crippen molar-refractivity contribution >= 4 is 56.6 Å². The third-order valence-electron chi connectivity index (χ3n) is 4.23. The summed E-state index contributed by atoms with van der Waals surface area (Å²) in [6.45, 7) is -0.125. The van der Waals surface area contributed by atoms with Gasteiger partial charge in [-0.2, -0.15) is 0 Å². The number of benzene rings is 2. The summed E-state index contributed by atoms with van der Waals surface area (Å²) >= 11 is 13.5. The molecule has 4 rings (SSSR count). The number of hydrogen-bond acceptors (Lipinski definition) is 5. The van der Waals surface area contributed by atoms with Gasteiger partial charge >= 0.3 is 0 Å². The lowest BCUT2D eigenvalue weighted by Gasteiger charge is -2.08. The summed E-state index contributed by atoms with van der Waals surface area (Å²) < 4.78 is 1.39. The molecule has 6 nitrogen and oxygen atoms in total. The fourth-order valence-electron chi connectivity index (χ4n) is 2.88. The molecular weight excluding hydrogens is 431 g/mol. The fourth-order valence-corrected chi connectivity index (χ4v) is 4.21. The maximum Gasteiger partial charge on any atom is 0.269 e. The Kier molecular flexibility index (Phi) is 5.62. The van der Waals surface area contributed by atoms with Crippen molar-refractivity contribution in [3.63, 3.8) is 0 Å². The summed E-state index contributed by atoms with van der Waals surface area (Å²) in [4.78, 5) is 33.9. The van der Waals surface area contributed by atoms with Crippen LogP contribution in [0, 0.1) is 0 Å². The quantitative estimate of drug-likeness (QED) is 0.495. The van der Waals surface area contributed by atoms with Crippen molar-refractivity contribution in [3.05, 3.63) is 85.7 Å². The van der Waals surface area contributed by atoms with Crippen LogP contribution in [0.5, 0.6) is 0 Å². The predicted molar refractivity (Wildman–Crippen MR) is 116 cm³/mol. The van der Waals surface area contributed by atoms with Crippen LogP contribution in [-0.4, -0.2) is 20.4 Å². The number of carbonyl (C=O) groups is 1. The third kappa shape index (κ3) is 4.48. The highest BCUT2D eigenvalue weighted by atomic mass is 35.5. The molecule has 0 saturated heterocycles. The zero-order chi connectivity index (χ0) is 20.4. The molecule has 146 valence electrons. The number of amides is 1. The summed E-state index contributed by atoms with van der Waals surface area (Å²) in [5, 5.41) is 4.37. The average Bonchev–Trinajstić information content (AvgIpc) is 3.13. The first-order chi connectivity index (χ1) is 14.0. The van der Waals surface area contributed by atoms with E-state index in [2.05, 4.69) is 15.3 Å². The van der Waals surface area contributed by atoms with E-state index in [0.29, 0.717) is 32.6 Å². The number of nitrogens with one attached hydrogen (secondary N) is 1. The fraction of sp³-hybridized carbons (Fsp3) is 0.100. The van der Waals surface area contributed by atoms with Gasteiger partial charge in [-0.25, -0.2) is 9.97 Å². The van der Waals surface area contributed by atoms with Crippen LogP contribution in [0.15, 0.2) is 59.7 Å². The van der Waals surface area contributed by atoms with Crippen molar-refractivity contribution in [3.8, 4) is 0 Å². The molecule has 9 heteroatoms. The highest BCUT2D eigenvalue weighted by Gasteiger charge is 2.12. The van der Waals surface area contributed by atoms with E-state index in [-0.39, 0.29) is 18.0 Å². The van der Waals surface area contributed by atoms with Crippen LogP contribution in [0.25, 0.3) is 11.0 Å². The molecule has 2 aromatic carbocycles. The predicted octanol–water partition coefficient (Wildman–Crippen LogP) is 4.39. The first-order valence-corrected chi connectivity index (χ1v) is 10.2. The molecule has 2 heterocycles. The van der Waals surface area contributed by atoms with Gasteiger partial charge < -0.3 is 5.32 Å². The number of carbonyl (C=O) groups excluding carboxylic acids is 1. The smallest absolute Gasteiger partial charge is 0.269 e. The standard InChI is InChI=1S/C20H14Cl2N4O2S/c21-13-6-5-12(15(22)8-13)7-14-9-24-20(29-14)25-18(27)11-26-17-4-2-1-3-16(17)23-10-19(26)28/h1-6,8-10H,7,11H2,(H,24,25,27). The second-order valence-electron chi connectivity index (χ2n) is 6.26. The Morgan fingerprint density at radius 2 is 1.93 bits per heavy atom. The first kappa shape index (κ1) is 19.6. The summed E-state index contributed by atoms with van der Waals surface area (Å²) in [7, 11) is 0. The van der Waals surface area contributed by atoms with E-state index in [1.165, 1.54) is 22.1 Å². The van der Waals surface area contributed by atoms with Crippen molar-refractivity contribution in [2.45, 2.75) is 13.0 Å². The molecule has 0 aliphatic rings. The molecule has 0 radical (unpaired) electrons. The number of anilines is 1. The van der Waals surface area contributed by atoms with Crippen molar-refractivity contribution in [1.29, 1.82) is 0 Å². The van der Waals surface area contributed by atoms with Gasteiger partial charge in [0, 0.05) is 27.5 Å². The number of fused-ring (bicyclic) bond motifs is 1. The molecule has 1 N–H and O–H groups in total. The third-order valence-corrected chi connectivity index (χ3v) is 5.73. The number of halogens is 2. The molecule has 0 unspecified atom stereocenters. The molecule has 0 atom stereocenters. The van der Waals surface area contributed by atoms with Crippen LogP contribution in [-0.2, 0) is 17.8 Å². The largest absolute Gasteiger partial charge is 0.300 e. The minimum atomic E-state index is -0.339. The molecule has 4 aromatic rings. The Bertz CT molecular complexity index is 1270. The van der Waals surface area contributed by atoms with Crippen LogP contribution >= 0.6 is 34.5 Å². The van der Waals surface area contributed by atoms with Gasteiger partial charge in [0.25, 0.3) is 5.56 Å². The van der Waals surface area contributed by atoms with Crippen LogP contribution < -0.4 is 10.9 Å².